The van der Waals surface area contributed by atoms with Crippen LogP contribution in [-0.2, 0) is 16.2 Å². The van der Waals surface area contributed by atoms with E-state index in [-0.39, 0.29) is 16.9 Å². The monoisotopic (exact) mass is 392 g/mol. The standard InChI is InChI=1S/C15H12ClF3N2O3S/c1-25(23,24)21-13-5-3-2-4-10(13)14(22)20-9-6-7-12(16)11(8-9)15(17,18)19/h2-8,21H,1H3,(H,20,22). The van der Waals surface area contributed by atoms with Crippen molar-refractivity contribution in [3.05, 3.63) is 58.6 Å². The second-order valence-electron chi connectivity index (χ2n) is 5.07. The van der Waals surface area contributed by atoms with E-state index in [1.165, 1.54) is 30.3 Å². The number of hydrogen-bond donors (Lipinski definition) is 2. The number of halogens is 4. The third-order valence-corrected chi connectivity index (χ3v) is 3.92. The highest BCUT2D eigenvalue weighted by molar-refractivity contribution is 7.92. The summed E-state index contributed by atoms with van der Waals surface area (Å²) in [5.41, 5.74) is -1.26. The van der Waals surface area contributed by atoms with E-state index in [1.807, 2.05) is 0 Å². The Labute approximate surface area is 146 Å². The highest BCUT2D eigenvalue weighted by atomic mass is 35.5. The number of carbonyl (C=O) groups excluding carboxylic acids is 1. The predicted octanol–water partition coefficient (Wildman–Crippen LogP) is 3.98. The lowest BCUT2D eigenvalue weighted by Crippen LogP contribution is -2.18. The molecule has 134 valence electrons. The third-order valence-electron chi connectivity index (χ3n) is 3.00. The van der Waals surface area contributed by atoms with Gasteiger partial charge < -0.3 is 5.32 Å². The maximum atomic E-state index is 12.9. The minimum absolute atomic E-state index is 0.00695. The molecule has 0 saturated carbocycles. The molecule has 0 unspecified atom stereocenters. The van der Waals surface area contributed by atoms with Gasteiger partial charge >= 0.3 is 6.18 Å². The van der Waals surface area contributed by atoms with Gasteiger partial charge in [0.2, 0.25) is 10.0 Å². The van der Waals surface area contributed by atoms with Crippen LogP contribution in [0, 0.1) is 0 Å². The average molecular weight is 393 g/mol. The quantitative estimate of drug-likeness (QED) is 0.826. The Kier molecular flexibility index (Phi) is 5.28. The smallest absolute Gasteiger partial charge is 0.322 e. The van der Waals surface area contributed by atoms with Crippen molar-refractivity contribution in [3.8, 4) is 0 Å². The van der Waals surface area contributed by atoms with Crippen molar-refractivity contribution in [1.29, 1.82) is 0 Å². The zero-order valence-corrected chi connectivity index (χ0v) is 14.3. The fourth-order valence-corrected chi connectivity index (χ4v) is 2.79. The van der Waals surface area contributed by atoms with Crippen molar-refractivity contribution >= 4 is 38.9 Å². The van der Waals surface area contributed by atoms with Crippen LogP contribution in [0.3, 0.4) is 0 Å². The molecule has 2 rings (SSSR count). The lowest BCUT2D eigenvalue weighted by atomic mass is 10.1. The fourth-order valence-electron chi connectivity index (χ4n) is 1.99. The molecule has 0 atom stereocenters. The molecule has 2 aromatic rings. The molecule has 0 aromatic heterocycles. The Morgan fingerprint density at radius 3 is 2.36 bits per heavy atom. The number of alkyl halides is 3. The molecular formula is C15H12ClF3N2O3S. The number of nitrogens with one attached hydrogen (secondary N) is 2. The van der Waals surface area contributed by atoms with Gasteiger partial charge in [0.05, 0.1) is 28.1 Å². The van der Waals surface area contributed by atoms with Gasteiger partial charge in [-0.05, 0) is 30.3 Å². The van der Waals surface area contributed by atoms with Gasteiger partial charge in [-0.3, -0.25) is 9.52 Å². The van der Waals surface area contributed by atoms with E-state index >= 15 is 0 Å². The first-order valence-electron chi connectivity index (χ1n) is 6.72. The van der Waals surface area contributed by atoms with Gasteiger partial charge in [0.1, 0.15) is 0 Å². The SMILES string of the molecule is CS(=O)(=O)Nc1ccccc1C(=O)Nc1ccc(Cl)c(C(F)(F)F)c1. The van der Waals surface area contributed by atoms with E-state index in [0.29, 0.717) is 6.07 Å². The van der Waals surface area contributed by atoms with Crippen LogP contribution in [0.2, 0.25) is 5.02 Å². The van der Waals surface area contributed by atoms with Gasteiger partial charge in [0, 0.05) is 5.69 Å². The molecule has 0 heterocycles. The minimum Gasteiger partial charge on any atom is -0.322 e. The summed E-state index contributed by atoms with van der Waals surface area (Å²) in [4.78, 5) is 12.3. The first-order valence-corrected chi connectivity index (χ1v) is 8.99. The first-order chi connectivity index (χ1) is 11.5. The van der Waals surface area contributed by atoms with Gasteiger partial charge in [-0.2, -0.15) is 13.2 Å². The number of amides is 1. The zero-order valence-electron chi connectivity index (χ0n) is 12.7. The molecule has 0 radical (unpaired) electrons. The number of sulfonamides is 1. The van der Waals surface area contributed by atoms with Crippen LogP contribution in [0.15, 0.2) is 42.5 Å². The van der Waals surface area contributed by atoms with Gasteiger partial charge in [-0.15, -0.1) is 0 Å². The fraction of sp³-hybridized carbons (Fsp3) is 0.133. The number of para-hydroxylation sites is 1. The summed E-state index contributed by atoms with van der Waals surface area (Å²) < 4.78 is 63.5. The molecule has 25 heavy (non-hydrogen) atoms. The largest absolute Gasteiger partial charge is 0.417 e. The van der Waals surface area contributed by atoms with E-state index in [4.69, 9.17) is 11.6 Å². The molecule has 0 aliphatic carbocycles. The maximum absolute atomic E-state index is 12.9. The minimum atomic E-state index is -4.67. The second-order valence-corrected chi connectivity index (χ2v) is 7.22. The van der Waals surface area contributed by atoms with Gasteiger partial charge in [-0.25, -0.2) is 8.42 Å². The molecule has 1 amide bonds. The number of carbonyl (C=O) groups is 1. The van der Waals surface area contributed by atoms with E-state index in [2.05, 4.69) is 10.0 Å². The highest BCUT2D eigenvalue weighted by Crippen LogP contribution is 2.36. The van der Waals surface area contributed by atoms with Crippen LogP contribution in [0.1, 0.15) is 15.9 Å². The second kappa shape index (κ2) is 6.93. The molecule has 0 aliphatic rings. The van der Waals surface area contributed by atoms with Crippen molar-refractivity contribution in [2.45, 2.75) is 6.18 Å². The van der Waals surface area contributed by atoms with E-state index < -0.39 is 32.7 Å². The van der Waals surface area contributed by atoms with Gasteiger partial charge in [-0.1, -0.05) is 23.7 Å². The summed E-state index contributed by atoms with van der Waals surface area (Å²) in [7, 11) is -3.63. The molecule has 0 spiro atoms. The Morgan fingerprint density at radius 2 is 1.76 bits per heavy atom. The summed E-state index contributed by atoms with van der Waals surface area (Å²) >= 11 is 5.52. The lowest BCUT2D eigenvalue weighted by molar-refractivity contribution is -0.137. The summed E-state index contributed by atoms with van der Waals surface area (Å²) in [6.07, 6.45) is -3.76. The Bertz CT molecular complexity index is 914. The molecule has 5 nitrogen and oxygen atoms in total. The highest BCUT2D eigenvalue weighted by Gasteiger charge is 2.33. The lowest BCUT2D eigenvalue weighted by Gasteiger charge is -2.13. The van der Waals surface area contributed by atoms with E-state index in [1.54, 1.807) is 0 Å². The van der Waals surface area contributed by atoms with Gasteiger partial charge in [0.25, 0.3) is 5.91 Å². The molecule has 0 bridgehead atoms. The molecular weight excluding hydrogens is 381 g/mol. The van der Waals surface area contributed by atoms with Crippen LogP contribution >= 0.6 is 11.6 Å². The van der Waals surface area contributed by atoms with Crippen LogP contribution in [0.4, 0.5) is 24.5 Å². The summed E-state index contributed by atoms with van der Waals surface area (Å²) in [5, 5.41) is 1.80. The van der Waals surface area contributed by atoms with Crippen molar-refractivity contribution in [3.63, 3.8) is 0 Å². The topological polar surface area (TPSA) is 75.3 Å². The normalized spacial score (nSPS) is 11.9. The zero-order chi connectivity index (χ0) is 18.8. The molecule has 0 aliphatic heterocycles. The van der Waals surface area contributed by atoms with Crippen LogP contribution in [-0.4, -0.2) is 20.6 Å². The Morgan fingerprint density at radius 1 is 1.12 bits per heavy atom. The van der Waals surface area contributed by atoms with Crippen LogP contribution in [0.5, 0.6) is 0 Å². The van der Waals surface area contributed by atoms with Crippen molar-refractivity contribution in [1.82, 2.24) is 0 Å². The number of hydrogen-bond acceptors (Lipinski definition) is 3. The third kappa shape index (κ3) is 5.10. The van der Waals surface area contributed by atoms with E-state index in [9.17, 15) is 26.4 Å². The predicted molar refractivity (Wildman–Crippen MR) is 89.3 cm³/mol. The van der Waals surface area contributed by atoms with Crippen molar-refractivity contribution in [2.75, 3.05) is 16.3 Å². The average Bonchev–Trinajstić information content (AvgIpc) is 2.47. The Hall–Kier alpha value is -2.26. The van der Waals surface area contributed by atoms with E-state index in [0.717, 1.165) is 12.3 Å². The number of benzene rings is 2. The van der Waals surface area contributed by atoms with Gasteiger partial charge in [0.15, 0.2) is 0 Å². The van der Waals surface area contributed by atoms with Crippen LogP contribution < -0.4 is 10.0 Å². The first kappa shape index (κ1) is 19.1. The van der Waals surface area contributed by atoms with Crippen molar-refractivity contribution in [2.24, 2.45) is 0 Å². The van der Waals surface area contributed by atoms with Crippen molar-refractivity contribution < 1.29 is 26.4 Å². The summed E-state index contributed by atoms with van der Waals surface area (Å²) in [6.45, 7) is 0. The Balaban J connectivity index is 2.33. The molecule has 0 saturated heterocycles. The molecule has 2 N–H and O–H groups in total. The summed E-state index contributed by atoms with van der Waals surface area (Å²) in [6, 6.07) is 8.62. The summed E-state index contributed by atoms with van der Waals surface area (Å²) in [5.74, 6) is -0.776. The molecule has 2 aromatic carbocycles. The van der Waals surface area contributed by atoms with Crippen LogP contribution in [0.25, 0.3) is 0 Å². The molecule has 0 fully saturated rings. The number of rotatable bonds is 4. The number of anilines is 2. The maximum Gasteiger partial charge on any atom is 0.417 e. The molecule has 10 heteroatoms.